The normalized spacial score (nSPS) is 10.8. The number of nitro groups is 1. The Morgan fingerprint density at radius 2 is 2.18 bits per heavy atom. The number of hydrogen-bond acceptors (Lipinski definition) is 8. The summed E-state index contributed by atoms with van der Waals surface area (Å²) < 4.78 is 6.64. The molecule has 3 aromatic heterocycles. The van der Waals surface area contributed by atoms with Gasteiger partial charge in [-0.2, -0.15) is 0 Å². The fraction of sp³-hybridized carbons (Fsp3) is 0.294. The van der Waals surface area contributed by atoms with Gasteiger partial charge < -0.3 is 9.32 Å². The number of rotatable bonds is 8. The van der Waals surface area contributed by atoms with Crippen LogP contribution in [-0.2, 0) is 17.9 Å². The first kappa shape index (κ1) is 19.4. The summed E-state index contributed by atoms with van der Waals surface area (Å²) in [7, 11) is 0. The van der Waals surface area contributed by atoms with Crippen LogP contribution in [-0.4, -0.2) is 37.0 Å². The van der Waals surface area contributed by atoms with Gasteiger partial charge in [0.2, 0.25) is 11.8 Å². The lowest BCUT2D eigenvalue weighted by molar-refractivity contribution is -0.385. The van der Waals surface area contributed by atoms with E-state index in [0.29, 0.717) is 18.9 Å². The third kappa shape index (κ3) is 4.49. The summed E-state index contributed by atoms with van der Waals surface area (Å²) in [6.07, 6.45) is 1.74. The fourth-order valence-electron chi connectivity index (χ4n) is 2.54. The first-order valence-electron chi connectivity index (χ1n) is 8.47. The number of carbonyl (C=O) groups excluding carboxylic acids is 1. The second kappa shape index (κ2) is 8.57. The highest BCUT2D eigenvalue weighted by Gasteiger charge is 2.19. The zero-order chi connectivity index (χ0) is 20.1. The van der Waals surface area contributed by atoms with Gasteiger partial charge in [-0.15, -0.1) is 21.5 Å². The van der Waals surface area contributed by atoms with Gasteiger partial charge in [0.1, 0.15) is 6.54 Å². The number of nitrogens with zero attached hydrogens (tertiary/aromatic N) is 5. The molecule has 0 saturated carbocycles. The third-order valence-electron chi connectivity index (χ3n) is 3.86. The second-order valence-electron chi connectivity index (χ2n) is 5.90. The van der Waals surface area contributed by atoms with Crippen molar-refractivity contribution in [2.45, 2.75) is 26.4 Å². The summed E-state index contributed by atoms with van der Waals surface area (Å²) in [5, 5.41) is 20.8. The summed E-state index contributed by atoms with van der Waals surface area (Å²) in [5.41, 5.74) is -0.750. The Labute approximate surface area is 163 Å². The molecule has 28 heavy (non-hydrogen) atoms. The number of thiophene rings is 1. The topological polar surface area (TPSA) is 124 Å². The Bertz CT molecular complexity index is 1030. The summed E-state index contributed by atoms with van der Waals surface area (Å²) in [5.74, 6) is 0.278. The van der Waals surface area contributed by atoms with Gasteiger partial charge >= 0.3 is 0 Å². The molecule has 0 aliphatic carbocycles. The van der Waals surface area contributed by atoms with E-state index in [9.17, 15) is 19.7 Å². The van der Waals surface area contributed by atoms with Crippen molar-refractivity contribution < 1.29 is 14.1 Å². The predicted octanol–water partition coefficient (Wildman–Crippen LogP) is 2.31. The molecule has 0 saturated heterocycles. The van der Waals surface area contributed by atoms with Crippen molar-refractivity contribution in [3.8, 4) is 10.8 Å². The zero-order valence-electron chi connectivity index (χ0n) is 15.0. The molecular weight excluding hydrogens is 386 g/mol. The Kier molecular flexibility index (Phi) is 5.94. The Morgan fingerprint density at radius 3 is 2.86 bits per heavy atom. The molecule has 0 aliphatic heterocycles. The number of amides is 1. The molecule has 0 unspecified atom stereocenters. The molecule has 0 aliphatic rings. The number of aromatic nitrogens is 3. The number of carbonyl (C=O) groups is 1. The minimum absolute atomic E-state index is 0.0920. The molecule has 3 aromatic rings. The largest absolute Gasteiger partial charge is 0.418 e. The van der Waals surface area contributed by atoms with Gasteiger partial charge in [-0.05, 0) is 17.9 Å². The molecule has 0 fully saturated rings. The van der Waals surface area contributed by atoms with Gasteiger partial charge in [-0.1, -0.05) is 13.0 Å². The molecule has 10 nitrogen and oxygen atoms in total. The lowest BCUT2D eigenvalue weighted by Crippen LogP contribution is -2.36. The quantitative estimate of drug-likeness (QED) is 0.417. The van der Waals surface area contributed by atoms with Crippen LogP contribution in [0, 0.1) is 10.1 Å². The van der Waals surface area contributed by atoms with E-state index < -0.39 is 10.5 Å². The maximum Gasteiger partial charge on any atom is 0.285 e. The Morgan fingerprint density at radius 1 is 1.36 bits per heavy atom. The van der Waals surface area contributed by atoms with Gasteiger partial charge in [-0.3, -0.25) is 24.3 Å². The third-order valence-corrected chi connectivity index (χ3v) is 4.71. The zero-order valence-corrected chi connectivity index (χ0v) is 15.8. The Hall–Kier alpha value is -3.34. The van der Waals surface area contributed by atoms with Crippen LogP contribution in [0.2, 0.25) is 0 Å². The van der Waals surface area contributed by atoms with Gasteiger partial charge in [-0.25, -0.2) is 0 Å². The van der Waals surface area contributed by atoms with Crippen LogP contribution in [0.4, 0.5) is 5.69 Å². The van der Waals surface area contributed by atoms with E-state index in [2.05, 4.69) is 10.2 Å². The van der Waals surface area contributed by atoms with Gasteiger partial charge in [0.15, 0.2) is 0 Å². The minimum Gasteiger partial charge on any atom is -0.418 e. The van der Waals surface area contributed by atoms with Gasteiger partial charge in [0.25, 0.3) is 17.1 Å². The van der Waals surface area contributed by atoms with Crippen molar-refractivity contribution >= 4 is 22.9 Å². The first-order valence-corrected chi connectivity index (χ1v) is 9.34. The van der Waals surface area contributed by atoms with E-state index >= 15 is 0 Å². The van der Waals surface area contributed by atoms with E-state index in [-0.39, 0.29) is 30.6 Å². The summed E-state index contributed by atoms with van der Waals surface area (Å²) >= 11 is 1.46. The van der Waals surface area contributed by atoms with E-state index in [4.69, 9.17) is 4.42 Å². The molecule has 0 N–H and O–H groups in total. The van der Waals surface area contributed by atoms with Crippen molar-refractivity contribution in [2.75, 3.05) is 6.54 Å². The average Bonchev–Trinajstić information content (AvgIpc) is 3.34. The summed E-state index contributed by atoms with van der Waals surface area (Å²) in [6, 6.07) is 5.90. The fourth-order valence-corrected chi connectivity index (χ4v) is 3.18. The highest BCUT2D eigenvalue weighted by atomic mass is 32.1. The van der Waals surface area contributed by atoms with Crippen molar-refractivity contribution in [3.63, 3.8) is 0 Å². The maximum atomic E-state index is 12.7. The molecule has 11 heteroatoms. The van der Waals surface area contributed by atoms with Crippen LogP contribution in [0.15, 0.2) is 45.1 Å². The van der Waals surface area contributed by atoms with Crippen molar-refractivity contribution in [1.82, 2.24) is 19.7 Å². The van der Waals surface area contributed by atoms with Crippen molar-refractivity contribution in [1.29, 1.82) is 0 Å². The first-order chi connectivity index (χ1) is 13.5. The average molecular weight is 403 g/mol. The van der Waals surface area contributed by atoms with Crippen LogP contribution in [0.5, 0.6) is 0 Å². The van der Waals surface area contributed by atoms with E-state index in [1.807, 2.05) is 24.4 Å². The van der Waals surface area contributed by atoms with E-state index in [1.165, 1.54) is 16.2 Å². The standard InChI is InChI=1S/C17H17N5O5S/c1-2-7-20(10-14-18-19-17(27-14)13-4-3-8-28-13)16(24)11-21-9-12(22(25)26)5-6-15(21)23/h3-6,8-9H,2,7,10-11H2,1H3. The van der Waals surface area contributed by atoms with Crippen LogP contribution >= 0.6 is 11.3 Å². The monoisotopic (exact) mass is 403 g/mol. The number of pyridine rings is 1. The number of hydrogen-bond donors (Lipinski definition) is 0. The van der Waals surface area contributed by atoms with Crippen molar-refractivity contribution in [2.24, 2.45) is 0 Å². The molecule has 0 bridgehead atoms. The molecular formula is C17H17N5O5S. The lowest BCUT2D eigenvalue weighted by atomic mass is 10.3. The maximum absolute atomic E-state index is 12.7. The van der Waals surface area contributed by atoms with Crippen LogP contribution < -0.4 is 5.56 Å². The molecule has 146 valence electrons. The molecule has 0 spiro atoms. The lowest BCUT2D eigenvalue weighted by Gasteiger charge is -2.20. The van der Waals surface area contributed by atoms with Crippen molar-refractivity contribution in [3.05, 3.63) is 62.2 Å². The van der Waals surface area contributed by atoms with E-state index in [0.717, 1.165) is 27.8 Å². The minimum atomic E-state index is -0.616. The van der Waals surface area contributed by atoms with E-state index in [1.54, 1.807) is 0 Å². The van der Waals surface area contributed by atoms with Crippen LogP contribution in [0.3, 0.4) is 0 Å². The van der Waals surface area contributed by atoms with Crippen LogP contribution in [0.1, 0.15) is 19.2 Å². The predicted molar refractivity (Wildman–Crippen MR) is 101 cm³/mol. The Balaban J connectivity index is 1.75. The highest BCUT2D eigenvalue weighted by molar-refractivity contribution is 7.13. The molecule has 0 radical (unpaired) electrons. The molecule has 3 heterocycles. The molecule has 3 rings (SSSR count). The second-order valence-corrected chi connectivity index (χ2v) is 6.85. The smallest absolute Gasteiger partial charge is 0.285 e. The summed E-state index contributed by atoms with van der Waals surface area (Å²) in [4.78, 5) is 37.2. The SMILES string of the molecule is CCCN(Cc1nnc(-c2cccs2)o1)C(=O)Cn1cc([N+](=O)[O-])ccc1=O. The molecule has 0 atom stereocenters. The van der Waals surface area contributed by atoms with Gasteiger partial charge in [0, 0.05) is 18.7 Å². The molecule has 0 aromatic carbocycles. The van der Waals surface area contributed by atoms with Crippen LogP contribution in [0.25, 0.3) is 10.8 Å². The molecule has 1 amide bonds. The summed E-state index contributed by atoms with van der Waals surface area (Å²) in [6.45, 7) is 2.10. The van der Waals surface area contributed by atoms with Gasteiger partial charge in [0.05, 0.1) is 22.5 Å². The highest BCUT2D eigenvalue weighted by Crippen LogP contribution is 2.23.